The molecule has 0 aliphatic heterocycles. The summed E-state index contributed by atoms with van der Waals surface area (Å²) in [6.45, 7) is 11.2. The first kappa shape index (κ1) is 17.1. The van der Waals surface area contributed by atoms with Gasteiger partial charge in [0.25, 0.3) is 0 Å². The number of hydrogen-bond acceptors (Lipinski definition) is 2. The topological polar surface area (TPSA) is 15.3 Å². The summed E-state index contributed by atoms with van der Waals surface area (Å²) in [6.07, 6.45) is 0.949. The largest absolute Gasteiger partial charge is 0.309 e. The molecule has 1 rings (SSSR count). The van der Waals surface area contributed by atoms with E-state index in [9.17, 15) is 4.39 Å². The summed E-state index contributed by atoms with van der Waals surface area (Å²) in [5.74, 6) is -0.102. The Kier molecular flexibility index (Phi) is 5.72. The van der Waals surface area contributed by atoms with Gasteiger partial charge < -0.3 is 10.2 Å². The molecule has 1 aromatic rings. The maximum Gasteiger partial charge on any atom is 0.128 e. The van der Waals surface area contributed by atoms with Gasteiger partial charge in [0.15, 0.2) is 0 Å². The molecule has 2 unspecified atom stereocenters. The molecule has 0 radical (unpaired) electrons. The summed E-state index contributed by atoms with van der Waals surface area (Å²) >= 11 is 0. The standard InChI is InChI=1S/C17H29FN2/c1-8-17(5,20(6)7)16(19-9-2)15-13(4)10-12(3)11-14(15)18/h10-11,16,19H,8-9H2,1-7H3. The van der Waals surface area contributed by atoms with E-state index in [1.807, 2.05) is 13.8 Å². The molecule has 0 aliphatic rings. The van der Waals surface area contributed by atoms with E-state index in [2.05, 4.69) is 51.1 Å². The molecule has 0 aromatic heterocycles. The monoisotopic (exact) mass is 280 g/mol. The van der Waals surface area contributed by atoms with Crippen molar-refractivity contribution in [3.8, 4) is 0 Å². The number of likely N-dealkylation sites (N-methyl/N-ethyl adjacent to an activating group) is 2. The van der Waals surface area contributed by atoms with E-state index in [0.717, 1.165) is 29.7 Å². The van der Waals surface area contributed by atoms with Crippen molar-refractivity contribution in [3.05, 3.63) is 34.6 Å². The van der Waals surface area contributed by atoms with Gasteiger partial charge in [0.05, 0.1) is 6.04 Å². The summed E-state index contributed by atoms with van der Waals surface area (Å²) in [5.41, 5.74) is 2.67. The zero-order chi connectivity index (χ0) is 15.5. The molecule has 0 spiro atoms. The van der Waals surface area contributed by atoms with Crippen LogP contribution in [0.5, 0.6) is 0 Å². The molecule has 3 heteroatoms. The van der Waals surface area contributed by atoms with Crippen molar-refractivity contribution in [2.75, 3.05) is 20.6 Å². The number of rotatable bonds is 6. The molecule has 0 amide bonds. The second kappa shape index (κ2) is 6.68. The summed E-state index contributed by atoms with van der Waals surface area (Å²) in [4.78, 5) is 2.19. The number of nitrogens with one attached hydrogen (secondary N) is 1. The minimum atomic E-state index is -0.128. The number of nitrogens with zero attached hydrogens (tertiary/aromatic N) is 1. The van der Waals surface area contributed by atoms with Gasteiger partial charge in [-0.05, 0) is 65.0 Å². The lowest BCUT2D eigenvalue weighted by atomic mass is 9.81. The predicted octanol–water partition coefficient (Wildman–Crippen LogP) is 3.82. The Morgan fingerprint density at radius 2 is 1.85 bits per heavy atom. The van der Waals surface area contributed by atoms with Crippen LogP contribution in [0.2, 0.25) is 0 Å². The highest BCUT2D eigenvalue weighted by Gasteiger charge is 2.37. The molecule has 114 valence electrons. The number of halogens is 1. The first-order chi connectivity index (χ1) is 9.27. The van der Waals surface area contributed by atoms with Crippen LogP contribution in [0.25, 0.3) is 0 Å². The van der Waals surface area contributed by atoms with Crippen molar-refractivity contribution < 1.29 is 4.39 Å². The maximum absolute atomic E-state index is 14.6. The number of aryl methyl sites for hydroxylation is 2. The van der Waals surface area contributed by atoms with E-state index >= 15 is 0 Å². The minimum absolute atomic E-state index is 0.0203. The van der Waals surface area contributed by atoms with Crippen molar-refractivity contribution in [2.24, 2.45) is 0 Å². The second-order valence-electron chi connectivity index (χ2n) is 6.07. The average molecular weight is 280 g/mol. The summed E-state index contributed by atoms with van der Waals surface area (Å²) in [6, 6.07) is 3.68. The Labute approximate surface area is 123 Å². The number of hydrogen-bond donors (Lipinski definition) is 1. The van der Waals surface area contributed by atoms with Crippen LogP contribution in [-0.2, 0) is 0 Å². The Bertz CT molecular complexity index is 433. The van der Waals surface area contributed by atoms with E-state index in [-0.39, 0.29) is 17.4 Å². The molecule has 0 saturated carbocycles. The highest BCUT2D eigenvalue weighted by atomic mass is 19.1. The lowest BCUT2D eigenvalue weighted by molar-refractivity contribution is 0.111. The van der Waals surface area contributed by atoms with E-state index < -0.39 is 0 Å². The molecule has 20 heavy (non-hydrogen) atoms. The van der Waals surface area contributed by atoms with Crippen LogP contribution < -0.4 is 5.32 Å². The van der Waals surface area contributed by atoms with Crippen LogP contribution in [0.3, 0.4) is 0 Å². The zero-order valence-electron chi connectivity index (χ0n) is 14.0. The smallest absolute Gasteiger partial charge is 0.128 e. The Morgan fingerprint density at radius 1 is 1.25 bits per heavy atom. The first-order valence-electron chi connectivity index (χ1n) is 7.45. The van der Waals surface area contributed by atoms with Crippen LogP contribution in [0, 0.1) is 19.7 Å². The summed E-state index contributed by atoms with van der Waals surface area (Å²) in [7, 11) is 4.13. The van der Waals surface area contributed by atoms with Gasteiger partial charge >= 0.3 is 0 Å². The van der Waals surface area contributed by atoms with Gasteiger partial charge in [0, 0.05) is 11.1 Å². The van der Waals surface area contributed by atoms with Gasteiger partial charge in [-0.25, -0.2) is 4.39 Å². The molecule has 1 N–H and O–H groups in total. The van der Waals surface area contributed by atoms with Crippen molar-refractivity contribution in [3.63, 3.8) is 0 Å². The first-order valence-corrected chi connectivity index (χ1v) is 7.45. The Balaban J connectivity index is 3.41. The van der Waals surface area contributed by atoms with Gasteiger partial charge in [-0.1, -0.05) is 19.9 Å². The highest BCUT2D eigenvalue weighted by Crippen LogP contribution is 2.36. The number of benzene rings is 1. The van der Waals surface area contributed by atoms with E-state index in [0.29, 0.717) is 0 Å². The highest BCUT2D eigenvalue weighted by molar-refractivity contribution is 5.36. The van der Waals surface area contributed by atoms with Gasteiger partial charge in [-0.3, -0.25) is 0 Å². The molecule has 0 bridgehead atoms. The molecule has 0 aliphatic carbocycles. The third-order valence-corrected chi connectivity index (χ3v) is 4.54. The predicted molar refractivity (Wildman–Crippen MR) is 84.7 cm³/mol. The van der Waals surface area contributed by atoms with E-state index in [4.69, 9.17) is 0 Å². The fourth-order valence-electron chi connectivity index (χ4n) is 2.91. The average Bonchev–Trinajstić information content (AvgIpc) is 2.35. The van der Waals surface area contributed by atoms with E-state index in [1.165, 1.54) is 0 Å². The molecular formula is C17H29FN2. The molecule has 2 nitrogen and oxygen atoms in total. The van der Waals surface area contributed by atoms with Gasteiger partial charge in [-0.2, -0.15) is 0 Å². The zero-order valence-corrected chi connectivity index (χ0v) is 14.0. The lowest BCUT2D eigenvalue weighted by Gasteiger charge is -2.44. The lowest BCUT2D eigenvalue weighted by Crippen LogP contribution is -2.51. The van der Waals surface area contributed by atoms with Crippen LogP contribution in [0.4, 0.5) is 4.39 Å². The molecule has 1 aromatic carbocycles. The summed E-state index contributed by atoms with van der Waals surface area (Å²) in [5, 5.41) is 3.49. The molecule has 0 heterocycles. The molecular weight excluding hydrogens is 251 g/mol. The van der Waals surface area contributed by atoms with Crippen LogP contribution >= 0.6 is 0 Å². The third-order valence-electron chi connectivity index (χ3n) is 4.54. The fourth-order valence-corrected chi connectivity index (χ4v) is 2.91. The van der Waals surface area contributed by atoms with Gasteiger partial charge in [0.2, 0.25) is 0 Å². The van der Waals surface area contributed by atoms with Gasteiger partial charge in [0.1, 0.15) is 5.82 Å². The van der Waals surface area contributed by atoms with Crippen molar-refractivity contribution in [2.45, 2.75) is 52.6 Å². The van der Waals surface area contributed by atoms with Crippen LogP contribution in [-0.4, -0.2) is 31.1 Å². The van der Waals surface area contributed by atoms with Crippen molar-refractivity contribution >= 4 is 0 Å². The Hall–Kier alpha value is -0.930. The van der Waals surface area contributed by atoms with Crippen molar-refractivity contribution in [1.82, 2.24) is 10.2 Å². The quantitative estimate of drug-likeness (QED) is 0.852. The normalized spacial score (nSPS) is 16.2. The minimum Gasteiger partial charge on any atom is -0.309 e. The van der Waals surface area contributed by atoms with Crippen LogP contribution in [0.15, 0.2) is 12.1 Å². The molecule has 0 saturated heterocycles. The SMILES string of the molecule is CCNC(c1c(C)cc(C)cc1F)C(C)(CC)N(C)C. The second-order valence-corrected chi connectivity index (χ2v) is 6.07. The fraction of sp³-hybridized carbons (Fsp3) is 0.647. The Morgan fingerprint density at radius 3 is 2.25 bits per heavy atom. The molecule has 0 fully saturated rings. The van der Waals surface area contributed by atoms with Gasteiger partial charge in [-0.15, -0.1) is 0 Å². The van der Waals surface area contributed by atoms with Crippen LogP contribution in [0.1, 0.15) is 49.9 Å². The van der Waals surface area contributed by atoms with Crippen molar-refractivity contribution in [1.29, 1.82) is 0 Å². The maximum atomic E-state index is 14.6. The third kappa shape index (κ3) is 3.21. The molecule has 2 atom stereocenters. The summed E-state index contributed by atoms with van der Waals surface area (Å²) < 4.78 is 14.6. The van der Waals surface area contributed by atoms with E-state index in [1.54, 1.807) is 6.07 Å².